The molecule has 3 aromatic rings. The van der Waals surface area contributed by atoms with Gasteiger partial charge in [0.2, 0.25) is 0 Å². The first-order valence-electron chi connectivity index (χ1n) is 8.53. The van der Waals surface area contributed by atoms with Crippen LogP contribution in [-0.2, 0) is 6.42 Å². The van der Waals surface area contributed by atoms with Crippen LogP contribution in [0.2, 0.25) is 0 Å². The molecular formula is C23H19NO. The van der Waals surface area contributed by atoms with Crippen LogP contribution >= 0.6 is 0 Å². The normalized spacial score (nSPS) is 17.0. The molecule has 3 aromatic carbocycles. The highest BCUT2D eigenvalue weighted by molar-refractivity contribution is 6.10. The average Bonchev–Trinajstić information content (AvgIpc) is 2.60. The Morgan fingerprint density at radius 3 is 2.76 bits per heavy atom. The van der Waals surface area contributed by atoms with E-state index >= 15 is 0 Å². The number of aryl methyl sites for hydroxylation is 1. The Bertz CT molecular complexity index is 1230. The molecule has 0 bridgehead atoms. The summed E-state index contributed by atoms with van der Waals surface area (Å²) < 4.78 is 0. The number of rotatable bonds is 1. The van der Waals surface area contributed by atoms with E-state index in [0.29, 0.717) is 5.69 Å². The summed E-state index contributed by atoms with van der Waals surface area (Å²) in [4.78, 5) is 0. The smallest absolute Gasteiger partial charge is 0.105 e. The van der Waals surface area contributed by atoms with Crippen molar-refractivity contribution in [3.63, 3.8) is 0 Å². The number of nitrogen functional groups attached to an aromatic ring is 1. The third kappa shape index (κ3) is 1.62. The Hall–Kier alpha value is -2.84. The van der Waals surface area contributed by atoms with E-state index in [1.165, 1.54) is 22.1 Å². The molecule has 0 spiro atoms. The van der Waals surface area contributed by atoms with Crippen LogP contribution in [-0.4, -0.2) is 5.11 Å². The van der Waals surface area contributed by atoms with E-state index in [0.717, 1.165) is 44.5 Å². The molecule has 0 aliphatic heterocycles. The molecule has 2 aliphatic rings. The zero-order valence-electron chi connectivity index (χ0n) is 14.2. The van der Waals surface area contributed by atoms with Gasteiger partial charge >= 0.3 is 0 Å². The van der Waals surface area contributed by atoms with E-state index in [9.17, 15) is 5.11 Å². The van der Waals surface area contributed by atoms with Gasteiger partial charge in [-0.25, -0.2) is 0 Å². The van der Waals surface area contributed by atoms with Crippen molar-refractivity contribution in [2.45, 2.75) is 19.4 Å². The van der Waals surface area contributed by atoms with E-state index in [2.05, 4.69) is 44.3 Å². The minimum atomic E-state index is -0.729. The van der Waals surface area contributed by atoms with Gasteiger partial charge in [0.25, 0.3) is 0 Å². The molecule has 1 unspecified atom stereocenters. The van der Waals surface area contributed by atoms with Gasteiger partial charge in [0.1, 0.15) is 6.10 Å². The van der Waals surface area contributed by atoms with Gasteiger partial charge < -0.3 is 10.8 Å². The van der Waals surface area contributed by atoms with Gasteiger partial charge in [0.05, 0.1) is 0 Å². The molecule has 0 saturated carbocycles. The maximum atomic E-state index is 11.1. The van der Waals surface area contributed by atoms with Crippen LogP contribution < -0.4 is 16.2 Å². The summed E-state index contributed by atoms with van der Waals surface area (Å²) in [7, 11) is 0. The Morgan fingerprint density at radius 2 is 2.00 bits per heavy atom. The number of aliphatic hydroxyl groups is 1. The Labute approximate surface area is 146 Å². The quantitative estimate of drug-likeness (QED) is 0.528. The van der Waals surface area contributed by atoms with Crippen molar-refractivity contribution in [2.75, 3.05) is 5.73 Å². The van der Waals surface area contributed by atoms with E-state index in [1.807, 2.05) is 6.07 Å². The van der Waals surface area contributed by atoms with Crippen molar-refractivity contribution in [3.8, 4) is 11.1 Å². The second kappa shape index (κ2) is 4.62. The van der Waals surface area contributed by atoms with Gasteiger partial charge in [-0.15, -0.1) is 0 Å². The molecule has 3 N–H and O–H groups in total. The first kappa shape index (κ1) is 14.5. The van der Waals surface area contributed by atoms with Crippen LogP contribution in [0.4, 0.5) is 5.69 Å². The third-order valence-corrected chi connectivity index (χ3v) is 5.78. The van der Waals surface area contributed by atoms with Gasteiger partial charge in [0, 0.05) is 11.1 Å². The predicted molar refractivity (Wildman–Crippen MR) is 105 cm³/mol. The second-order valence-electron chi connectivity index (χ2n) is 7.09. The molecule has 0 heterocycles. The molecule has 122 valence electrons. The van der Waals surface area contributed by atoms with Crippen molar-refractivity contribution in [1.29, 1.82) is 0 Å². The van der Waals surface area contributed by atoms with E-state index < -0.39 is 6.10 Å². The molecule has 0 fully saturated rings. The zero-order valence-corrected chi connectivity index (χ0v) is 14.2. The minimum absolute atomic E-state index is 0.715. The van der Waals surface area contributed by atoms with Crippen LogP contribution in [0.15, 0.2) is 43.0 Å². The van der Waals surface area contributed by atoms with Gasteiger partial charge in [0.15, 0.2) is 0 Å². The van der Waals surface area contributed by atoms with Crippen LogP contribution in [0.1, 0.15) is 28.4 Å². The van der Waals surface area contributed by atoms with Crippen LogP contribution in [0, 0.1) is 6.92 Å². The largest absolute Gasteiger partial charge is 0.398 e. The first-order valence-corrected chi connectivity index (χ1v) is 8.53. The Morgan fingerprint density at radius 1 is 1.20 bits per heavy atom. The van der Waals surface area contributed by atoms with Crippen molar-refractivity contribution in [1.82, 2.24) is 0 Å². The molecular weight excluding hydrogens is 306 g/mol. The Balaban J connectivity index is 2.16. The molecule has 0 amide bonds. The number of nitrogens with two attached hydrogens (primary N) is 1. The fraction of sp³-hybridized carbons (Fsp3) is 0.130. The summed E-state index contributed by atoms with van der Waals surface area (Å²) in [5.41, 5.74) is 14.8. The van der Waals surface area contributed by atoms with Crippen LogP contribution in [0.25, 0.3) is 34.1 Å². The van der Waals surface area contributed by atoms with Crippen molar-refractivity contribution in [3.05, 3.63) is 75.7 Å². The predicted octanol–water partition coefficient (Wildman–Crippen LogP) is 3.10. The number of hydrogen-bond donors (Lipinski definition) is 2. The first-order chi connectivity index (χ1) is 12.0. The molecule has 5 rings (SSSR count). The van der Waals surface area contributed by atoms with Crippen LogP contribution in [0.3, 0.4) is 0 Å². The van der Waals surface area contributed by atoms with Gasteiger partial charge in [-0.1, -0.05) is 43.5 Å². The van der Waals surface area contributed by atoms with Crippen molar-refractivity contribution in [2.24, 2.45) is 0 Å². The molecule has 1 atom stereocenters. The average molecular weight is 325 g/mol. The highest BCUT2D eigenvalue weighted by Gasteiger charge is 2.31. The highest BCUT2D eigenvalue weighted by Crippen LogP contribution is 2.47. The molecule has 2 aliphatic carbocycles. The maximum absolute atomic E-state index is 11.1. The van der Waals surface area contributed by atoms with E-state index in [-0.39, 0.29) is 0 Å². The summed E-state index contributed by atoms with van der Waals surface area (Å²) in [6.07, 6.45) is 1.91. The van der Waals surface area contributed by atoms with Gasteiger partial charge in [-0.2, -0.15) is 0 Å². The number of anilines is 1. The summed E-state index contributed by atoms with van der Waals surface area (Å²) in [6, 6.07) is 10.5. The molecule has 0 aromatic heterocycles. The third-order valence-electron chi connectivity index (χ3n) is 5.78. The monoisotopic (exact) mass is 325 g/mol. The number of hydrogen-bond acceptors (Lipinski definition) is 2. The number of benzene rings is 3. The summed E-state index contributed by atoms with van der Waals surface area (Å²) in [5, 5.41) is 15.3. The lowest BCUT2D eigenvalue weighted by Crippen LogP contribution is -2.36. The highest BCUT2D eigenvalue weighted by atomic mass is 16.3. The van der Waals surface area contributed by atoms with Gasteiger partial charge in [-0.05, 0) is 74.2 Å². The lowest BCUT2D eigenvalue weighted by molar-refractivity contribution is 0.238. The topological polar surface area (TPSA) is 46.2 Å². The van der Waals surface area contributed by atoms with Crippen LogP contribution in [0.5, 0.6) is 0 Å². The SMILES string of the molecule is C=CC1=c2c3c(cc(C)c2=C)Cc2cccc4c(N)cc(c-3c24)C1O. The standard InChI is InChI=1S/C23H19NO/c1-4-15-19-12(3)11(2)8-14-9-13-6-5-7-16-18(24)10-17(23(15)25)22(20(13)16)21(14)19/h4-8,10,23,25H,1,3,9,24H2,2H3. The zero-order chi connectivity index (χ0) is 17.5. The molecule has 25 heavy (non-hydrogen) atoms. The Kier molecular flexibility index (Phi) is 2.68. The van der Waals surface area contributed by atoms with Crippen molar-refractivity contribution >= 4 is 28.6 Å². The minimum Gasteiger partial charge on any atom is -0.398 e. The molecule has 0 radical (unpaired) electrons. The lowest BCUT2D eigenvalue weighted by atomic mass is 9.73. The van der Waals surface area contributed by atoms with E-state index in [1.54, 1.807) is 6.08 Å². The summed E-state index contributed by atoms with van der Waals surface area (Å²) in [6.45, 7) is 10.3. The fourth-order valence-electron chi connectivity index (χ4n) is 4.63. The van der Waals surface area contributed by atoms with Gasteiger partial charge in [-0.3, -0.25) is 0 Å². The number of aliphatic hydroxyl groups excluding tert-OH is 1. The summed E-state index contributed by atoms with van der Waals surface area (Å²) in [5.74, 6) is 0. The lowest BCUT2D eigenvalue weighted by Gasteiger charge is -2.31. The molecule has 0 saturated heterocycles. The summed E-state index contributed by atoms with van der Waals surface area (Å²) >= 11 is 0. The fourth-order valence-corrected chi connectivity index (χ4v) is 4.63. The maximum Gasteiger partial charge on any atom is 0.105 e. The second-order valence-corrected chi connectivity index (χ2v) is 7.09. The van der Waals surface area contributed by atoms with E-state index in [4.69, 9.17) is 5.73 Å². The molecule has 2 heteroatoms. The van der Waals surface area contributed by atoms with Crippen molar-refractivity contribution < 1.29 is 5.11 Å². The molecule has 2 nitrogen and oxygen atoms in total.